The molecule has 2 heterocycles. The number of rotatable bonds is 2. The fourth-order valence-electron chi connectivity index (χ4n) is 2.05. The normalized spacial score (nSPS) is 11.7. The number of nitrogens with zero attached hydrogens (tertiary/aromatic N) is 2. The highest BCUT2D eigenvalue weighted by atomic mass is 32.1. The zero-order chi connectivity index (χ0) is 16.6. The van der Waals surface area contributed by atoms with Gasteiger partial charge < -0.3 is 0 Å². The van der Waals surface area contributed by atoms with E-state index in [1.54, 1.807) is 0 Å². The molecule has 2 aromatic heterocycles. The number of benzene rings is 1. The van der Waals surface area contributed by atoms with Gasteiger partial charge in [-0.3, -0.25) is 10.1 Å². The Morgan fingerprint density at radius 2 is 1.87 bits per heavy atom. The van der Waals surface area contributed by atoms with Crippen LogP contribution in [-0.2, 0) is 6.18 Å². The number of anilines is 1. The third kappa shape index (κ3) is 3.16. The number of hydrogen-bond acceptors (Lipinski definition) is 4. The lowest BCUT2D eigenvalue weighted by Crippen LogP contribution is -2.16. The molecule has 1 amide bonds. The number of amides is 1. The summed E-state index contributed by atoms with van der Waals surface area (Å²) < 4.78 is 38.7. The Hall–Kier alpha value is -2.48. The standard InChI is InChI=1S/C15H10F3N3OS/c1-8-9(6-7-12(19-8)15(16,17)18)13(22)21-14-20-10-4-2-3-5-11(10)23-14/h2-7H,1H3,(H,20,21,22). The van der Waals surface area contributed by atoms with Crippen LogP contribution in [0.2, 0.25) is 0 Å². The number of aryl methyl sites for hydroxylation is 1. The summed E-state index contributed by atoms with van der Waals surface area (Å²) in [5, 5.41) is 2.98. The molecule has 0 unspecified atom stereocenters. The number of alkyl halides is 3. The Labute approximate surface area is 133 Å². The minimum atomic E-state index is -4.53. The van der Waals surface area contributed by atoms with Crippen LogP contribution in [0, 0.1) is 6.92 Å². The molecule has 0 aliphatic rings. The van der Waals surface area contributed by atoms with Gasteiger partial charge in [-0.25, -0.2) is 9.97 Å². The quantitative estimate of drug-likeness (QED) is 0.760. The number of carbonyl (C=O) groups is 1. The van der Waals surface area contributed by atoms with E-state index in [0.29, 0.717) is 5.13 Å². The van der Waals surface area contributed by atoms with Gasteiger partial charge in [0.05, 0.1) is 21.5 Å². The number of carbonyl (C=O) groups excluding carboxylic acids is 1. The maximum absolute atomic E-state index is 12.6. The average molecular weight is 337 g/mol. The van der Waals surface area contributed by atoms with E-state index in [4.69, 9.17) is 0 Å². The van der Waals surface area contributed by atoms with E-state index in [1.807, 2.05) is 24.3 Å². The van der Waals surface area contributed by atoms with Crippen LogP contribution in [0.15, 0.2) is 36.4 Å². The predicted octanol–water partition coefficient (Wildman–Crippen LogP) is 4.27. The molecule has 0 aliphatic carbocycles. The van der Waals surface area contributed by atoms with Crippen molar-refractivity contribution < 1.29 is 18.0 Å². The average Bonchev–Trinajstić information content (AvgIpc) is 2.88. The minimum absolute atomic E-state index is 0.0124. The monoisotopic (exact) mass is 337 g/mol. The molecule has 0 fully saturated rings. The third-order valence-corrected chi connectivity index (χ3v) is 4.09. The second kappa shape index (κ2) is 5.62. The molecule has 3 rings (SSSR count). The van der Waals surface area contributed by atoms with Crippen molar-refractivity contribution in [3.8, 4) is 0 Å². The van der Waals surface area contributed by atoms with Crippen molar-refractivity contribution in [2.45, 2.75) is 13.1 Å². The fraction of sp³-hybridized carbons (Fsp3) is 0.133. The molecule has 1 aromatic carbocycles. The van der Waals surface area contributed by atoms with Gasteiger partial charge in [0.25, 0.3) is 5.91 Å². The van der Waals surface area contributed by atoms with Crippen molar-refractivity contribution in [2.75, 3.05) is 5.32 Å². The smallest absolute Gasteiger partial charge is 0.298 e. The van der Waals surface area contributed by atoms with Crippen LogP contribution in [0.4, 0.5) is 18.3 Å². The summed E-state index contributed by atoms with van der Waals surface area (Å²) in [7, 11) is 0. The maximum atomic E-state index is 12.6. The van der Waals surface area contributed by atoms with Gasteiger partial charge in [-0.1, -0.05) is 23.5 Å². The van der Waals surface area contributed by atoms with E-state index in [-0.39, 0.29) is 11.3 Å². The third-order valence-electron chi connectivity index (χ3n) is 3.14. The molecule has 0 radical (unpaired) electrons. The van der Waals surface area contributed by atoms with Crippen molar-refractivity contribution in [1.29, 1.82) is 0 Å². The van der Waals surface area contributed by atoms with Gasteiger partial charge in [-0.2, -0.15) is 13.2 Å². The molecule has 0 aliphatic heterocycles. The van der Waals surface area contributed by atoms with Crippen LogP contribution >= 0.6 is 11.3 Å². The van der Waals surface area contributed by atoms with Gasteiger partial charge in [-0.15, -0.1) is 0 Å². The summed E-state index contributed by atoms with van der Waals surface area (Å²) in [4.78, 5) is 19.9. The number of thiazole rings is 1. The van der Waals surface area contributed by atoms with Crippen molar-refractivity contribution in [2.24, 2.45) is 0 Å². The Morgan fingerprint density at radius 1 is 1.13 bits per heavy atom. The number of hydrogen-bond donors (Lipinski definition) is 1. The first-order chi connectivity index (χ1) is 10.8. The van der Waals surface area contributed by atoms with Crippen LogP contribution in [0.25, 0.3) is 10.2 Å². The molecule has 1 N–H and O–H groups in total. The van der Waals surface area contributed by atoms with Gasteiger partial charge in [0.1, 0.15) is 5.69 Å². The molecule has 8 heteroatoms. The summed E-state index contributed by atoms with van der Waals surface area (Å²) in [6.07, 6.45) is -4.53. The first-order valence-corrected chi connectivity index (χ1v) is 7.38. The van der Waals surface area contributed by atoms with E-state index in [2.05, 4.69) is 15.3 Å². The summed E-state index contributed by atoms with van der Waals surface area (Å²) >= 11 is 1.29. The van der Waals surface area contributed by atoms with E-state index in [0.717, 1.165) is 22.3 Å². The van der Waals surface area contributed by atoms with Crippen LogP contribution in [0.5, 0.6) is 0 Å². The molecule has 0 spiro atoms. The van der Waals surface area contributed by atoms with Crippen molar-refractivity contribution in [1.82, 2.24) is 9.97 Å². The lowest BCUT2D eigenvalue weighted by Gasteiger charge is -2.09. The predicted molar refractivity (Wildman–Crippen MR) is 81.5 cm³/mol. The molecule has 118 valence electrons. The molecular weight excluding hydrogens is 327 g/mol. The molecule has 4 nitrogen and oxygen atoms in total. The number of pyridine rings is 1. The highest BCUT2D eigenvalue weighted by molar-refractivity contribution is 7.22. The largest absolute Gasteiger partial charge is 0.433 e. The Balaban J connectivity index is 1.85. The van der Waals surface area contributed by atoms with E-state index < -0.39 is 17.8 Å². The first-order valence-electron chi connectivity index (χ1n) is 6.56. The summed E-state index contributed by atoms with van der Waals surface area (Å²) in [5.74, 6) is -0.539. The molecule has 0 saturated heterocycles. The van der Waals surface area contributed by atoms with Gasteiger partial charge in [0.15, 0.2) is 5.13 Å². The topological polar surface area (TPSA) is 54.9 Å². The SMILES string of the molecule is Cc1nc(C(F)(F)F)ccc1C(=O)Nc1nc2ccccc2s1. The van der Waals surface area contributed by atoms with Crippen LogP contribution in [-0.4, -0.2) is 15.9 Å². The zero-order valence-electron chi connectivity index (χ0n) is 11.8. The Bertz CT molecular complexity index is 856. The second-order valence-corrected chi connectivity index (χ2v) is 5.80. The van der Waals surface area contributed by atoms with Crippen molar-refractivity contribution >= 4 is 32.6 Å². The van der Waals surface area contributed by atoms with Crippen LogP contribution < -0.4 is 5.32 Å². The van der Waals surface area contributed by atoms with Crippen molar-refractivity contribution in [3.63, 3.8) is 0 Å². The highest BCUT2D eigenvalue weighted by Crippen LogP contribution is 2.29. The van der Waals surface area contributed by atoms with E-state index in [1.165, 1.54) is 18.3 Å². The molecule has 23 heavy (non-hydrogen) atoms. The zero-order valence-corrected chi connectivity index (χ0v) is 12.6. The highest BCUT2D eigenvalue weighted by Gasteiger charge is 2.33. The van der Waals surface area contributed by atoms with Crippen LogP contribution in [0.1, 0.15) is 21.7 Å². The van der Waals surface area contributed by atoms with E-state index >= 15 is 0 Å². The van der Waals surface area contributed by atoms with Gasteiger partial charge in [0, 0.05) is 0 Å². The van der Waals surface area contributed by atoms with Crippen molar-refractivity contribution in [3.05, 3.63) is 53.3 Å². The summed E-state index contributed by atoms with van der Waals surface area (Å²) in [6, 6.07) is 9.28. The Kier molecular flexibility index (Phi) is 3.77. The number of fused-ring (bicyclic) bond motifs is 1. The van der Waals surface area contributed by atoms with Gasteiger partial charge in [0.2, 0.25) is 0 Å². The molecular formula is C15H10F3N3OS. The summed E-state index contributed by atoms with van der Waals surface area (Å²) in [6.45, 7) is 1.36. The number of nitrogens with one attached hydrogen (secondary N) is 1. The lowest BCUT2D eigenvalue weighted by atomic mass is 10.1. The number of para-hydroxylation sites is 1. The molecule has 0 bridgehead atoms. The summed E-state index contributed by atoms with van der Waals surface area (Å²) in [5.41, 5.74) is -0.183. The Morgan fingerprint density at radius 3 is 2.52 bits per heavy atom. The van der Waals surface area contributed by atoms with E-state index in [9.17, 15) is 18.0 Å². The first kappa shape index (κ1) is 15.4. The second-order valence-electron chi connectivity index (χ2n) is 4.77. The molecule has 3 aromatic rings. The lowest BCUT2D eigenvalue weighted by molar-refractivity contribution is -0.141. The van der Waals surface area contributed by atoms with Crippen LogP contribution in [0.3, 0.4) is 0 Å². The maximum Gasteiger partial charge on any atom is 0.433 e. The van der Waals surface area contributed by atoms with Gasteiger partial charge in [-0.05, 0) is 31.2 Å². The van der Waals surface area contributed by atoms with Gasteiger partial charge >= 0.3 is 6.18 Å². The number of aromatic nitrogens is 2. The minimum Gasteiger partial charge on any atom is -0.298 e. The number of halogens is 3. The molecule has 0 saturated carbocycles. The molecule has 0 atom stereocenters. The fourth-order valence-corrected chi connectivity index (χ4v) is 2.91.